The van der Waals surface area contributed by atoms with Gasteiger partial charge >= 0.3 is 6.03 Å². The lowest BCUT2D eigenvalue weighted by Gasteiger charge is -2.26. The number of nitrogens with zero attached hydrogens (tertiary/aromatic N) is 2. The van der Waals surface area contributed by atoms with Gasteiger partial charge in [-0.3, -0.25) is 4.68 Å². The van der Waals surface area contributed by atoms with E-state index in [9.17, 15) is 4.79 Å². The fourth-order valence-corrected chi connectivity index (χ4v) is 1.79. The highest BCUT2D eigenvalue weighted by molar-refractivity contribution is 5.74. The summed E-state index contributed by atoms with van der Waals surface area (Å²) in [6, 6.07) is 0.308. The molecule has 1 fully saturated rings. The van der Waals surface area contributed by atoms with Crippen LogP contribution in [0.3, 0.4) is 0 Å². The minimum atomic E-state index is -0.0760. The van der Waals surface area contributed by atoms with Crippen molar-refractivity contribution in [3.05, 3.63) is 17.5 Å². The summed E-state index contributed by atoms with van der Waals surface area (Å²) in [5, 5.41) is 10.0. The zero-order valence-electron chi connectivity index (χ0n) is 9.79. The van der Waals surface area contributed by atoms with Gasteiger partial charge in [0.2, 0.25) is 0 Å². The maximum Gasteiger partial charge on any atom is 0.315 e. The second kappa shape index (κ2) is 4.55. The summed E-state index contributed by atoms with van der Waals surface area (Å²) in [5.74, 6) is 0. The van der Waals surface area contributed by atoms with Crippen molar-refractivity contribution < 1.29 is 4.79 Å². The number of carbonyl (C=O) groups is 1. The summed E-state index contributed by atoms with van der Waals surface area (Å²) in [6.45, 7) is 2.49. The summed E-state index contributed by atoms with van der Waals surface area (Å²) in [6.07, 6.45) is 5.38. The van der Waals surface area contributed by atoms with Crippen LogP contribution in [0.1, 0.15) is 30.5 Å². The monoisotopic (exact) mass is 222 g/mol. The van der Waals surface area contributed by atoms with Crippen LogP contribution in [0.5, 0.6) is 0 Å². The summed E-state index contributed by atoms with van der Waals surface area (Å²) in [7, 11) is 1.88. The molecule has 1 aromatic heterocycles. The van der Waals surface area contributed by atoms with E-state index in [1.165, 1.54) is 6.42 Å². The van der Waals surface area contributed by atoms with E-state index < -0.39 is 0 Å². The SMILES string of the molecule is Cc1nn(C)cc1CNC(=O)NC1CCC1. The van der Waals surface area contributed by atoms with Gasteiger partial charge in [0, 0.05) is 31.4 Å². The number of nitrogens with one attached hydrogen (secondary N) is 2. The van der Waals surface area contributed by atoms with Crippen molar-refractivity contribution in [3.8, 4) is 0 Å². The van der Waals surface area contributed by atoms with E-state index in [1.807, 2.05) is 20.2 Å². The van der Waals surface area contributed by atoms with Gasteiger partial charge in [0.1, 0.15) is 0 Å². The molecule has 1 aromatic rings. The molecule has 0 bridgehead atoms. The van der Waals surface area contributed by atoms with Crippen LogP contribution in [0.2, 0.25) is 0 Å². The molecule has 0 aliphatic heterocycles. The number of aryl methyl sites for hydroxylation is 2. The van der Waals surface area contributed by atoms with Crippen molar-refractivity contribution in [1.82, 2.24) is 20.4 Å². The summed E-state index contributed by atoms with van der Waals surface area (Å²) in [4.78, 5) is 11.5. The predicted molar refractivity (Wildman–Crippen MR) is 61.0 cm³/mol. The number of hydrogen-bond donors (Lipinski definition) is 2. The maximum atomic E-state index is 11.5. The zero-order valence-corrected chi connectivity index (χ0v) is 9.79. The van der Waals surface area contributed by atoms with E-state index >= 15 is 0 Å². The number of rotatable bonds is 3. The summed E-state index contributed by atoms with van der Waals surface area (Å²) in [5.41, 5.74) is 2.03. The lowest BCUT2D eigenvalue weighted by molar-refractivity contribution is 0.228. The third-order valence-electron chi connectivity index (χ3n) is 2.99. The van der Waals surface area contributed by atoms with Crippen molar-refractivity contribution >= 4 is 6.03 Å². The average molecular weight is 222 g/mol. The van der Waals surface area contributed by atoms with E-state index in [0.29, 0.717) is 12.6 Å². The van der Waals surface area contributed by atoms with Crippen LogP contribution in [0, 0.1) is 6.92 Å². The van der Waals surface area contributed by atoms with Crippen LogP contribution in [-0.4, -0.2) is 21.9 Å². The minimum Gasteiger partial charge on any atom is -0.335 e. The van der Waals surface area contributed by atoms with E-state index in [4.69, 9.17) is 0 Å². The highest BCUT2D eigenvalue weighted by Crippen LogP contribution is 2.17. The van der Waals surface area contributed by atoms with Crippen molar-refractivity contribution in [2.75, 3.05) is 0 Å². The zero-order chi connectivity index (χ0) is 11.5. The van der Waals surface area contributed by atoms with Gasteiger partial charge in [-0.1, -0.05) is 0 Å². The van der Waals surface area contributed by atoms with Crippen LogP contribution in [0.25, 0.3) is 0 Å². The second-order valence-electron chi connectivity index (χ2n) is 4.37. The molecule has 0 atom stereocenters. The number of hydrogen-bond acceptors (Lipinski definition) is 2. The molecule has 0 radical (unpaired) electrons. The molecule has 1 aliphatic carbocycles. The van der Waals surface area contributed by atoms with Gasteiger partial charge in [0.05, 0.1) is 5.69 Å². The Hall–Kier alpha value is -1.52. The Morgan fingerprint density at radius 1 is 1.62 bits per heavy atom. The van der Waals surface area contributed by atoms with Gasteiger partial charge in [-0.2, -0.15) is 5.10 Å². The van der Waals surface area contributed by atoms with Crippen molar-refractivity contribution in [3.63, 3.8) is 0 Å². The Kier molecular flexibility index (Phi) is 3.12. The first-order chi connectivity index (χ1) is 7.65. The number of carbonyl (C=O) groups excluding carboxylic acids is 1. The van der Waals surface area contributed by atoms with Gasteiger partial charge in [-0.15, -0.1) is 0 Å². The highest BCUT2D eigenvalue weighted by atomic mass is 16.2. The van der Waals surface area contributed by atoms with E-state index in [2.05, 4.69) is 15.7 Å². The topological polar surface area (TPSA) is 59.0 Å². The van der Waals surface area contributed by atoms with Gasteiger partial charge in [-0.25, -0.2) is 4.79 Å². The molecular weight excluding hydrogens is 204 g/mol. The Labute approximate surface area is 95.2 Å². The highest BCUT2D eigenvalue weighted by Gasteiger charge is 2.19. The molecule has 5 heteroatoms. The van der Waals surface area contributed by atoms with Crippen molar-refractivity contribution in [1.29, 1.82) is 0 Å². The second-order valence-corrected chi connectivity index (χ2v) is 4.37. The largest absolute Gasteiger partial charge is 0.335 e. The van der Waals surface area contributed by atoms with Gasteiger partial charge in [0.15, 0.2) is 0 Å². The first kappa shape index (κ1) is 11.0. The van der Waals surface area contributed by atoms with Crippen LogP contribution in [-0.2, 0) is 13.6 Å². The number of urea groups is 1. The standard InChI is InChI=1S/C11H18N4O/c1-8-9(7-15(2)14-8)6-12-11(16)13-10-4-3-5-10/h7,10H,3-6H2,1-2H3,(H2,12,13,16). The van der Waals surface area contributed by atoms with Gasteiger partial charge in [-0.05, 0) is 26.2 Å². The predicted octanol–water partition coefficient (Wildman–Crippen LogP) is 1.08. The van der Waals surface area contributed by atoms with E-state index in [1.54, 1.807) is 4.68 Å². The third-order valence-corrected chi connectivity index (χ3v) is 2.99. The summed E-state index contributed by atoms with van der Waals surface area (Å²) < 4.78 is 1.76. The molecule has 1 saturated carbocycles. The Balaban J connectivity index is 1.77. The molecule has 0 aromatic carbocycles. The molecule has 1 heterocycles. The third kappa shape index (κ3) is 2.53. The molecule has 16 heavy (non-hydrogen) atoms. The van der Waals surface area contributed by atoms with E-state index in [-0.39, 0.29) is 6.03 Å². The Morgan fingerprint density at radius 2 is 2.38 bits per heavy atom. The Bertz CT molecular complexity index is 381. The molecule has 2 rings (SSSR count). The quantitative estimate of drug-likeness (QED) is 0.804. The smallest absolute Gasteiger partial charge is 0.315 e. The van der Waals surface area contributed by atoms with Crippen molar-refractivity contribution in [2.24, 2.45) is 7.05 Å². The molecular formula is C11H18N4O. The van der Waals surface area contributed by atoms with Gasteiger partial charge < -0.3 is 10.6 Å². The van der Waals surface area contributed by atoms with Crippen LogP contribution < -0.4 is 10.6 Å². The lowest BCUT2D eigenvalue weighted by Crippen LogP contribution is -2.44. The molecule has 88 valence electrons. The van der Waals surface area contributed by atoms with Gasteiger partial charge in [0.25, 0.3) is 0 Å². The number of amides is 2. The first-order valence-electron chi connectivity index (χ1n) is 5.68. The minimum absolute atomic E-state index is 0.0760. The van der Waals surface area contributed by atoms with Crippen LogP contribution in [0.15, 0.2) is 6.20 Å². The molecule has 5 nitrogen and oxygen atoms in total. The molecule has 0 saturated heterocycles. The summed E-state index contributed by atoms with van der Waals surface area (Å²) >= 11 is 0. The molecule has 0 spiro atoms. The maximum absolute atomic E-state index is 11.5. The van der Waals surface area contributed by atoms with E-state index in [0.717, 1.165) is 24.1 Å². The molecule has 2 N–H and O–H groups in total. The normalized spacial score (nSPS) is 15.6. The Morgan fingerprint density at radius 3 is 2.88 bits per heavy atom. The molecule has 0 unspecified atom stereocenters. The fourth-order valence-electron chi connectivity index (χ4n) is 1.79. The van der Waals surface area contributed by atoms with Crippen LogP contribution >= 0.6 is 0 Å². The lowest BCUT2D eigenvalue weighted by atomic mass is 9.93. The fraction of sp³-hybridized carbons (Fsp3) is 0.636. The average Bonchev–Trinajstić information content (AvgIpc) is 2.48. The molecule has 2 amide bonds. The first-order valence-corrected chi connectivity index (χ1v) is 5.68. The number of aromatic nitrogens is 2. The van der Waals surface area contributed by atoms with Crippen molar-refractivity contribution in [2.45, 2.75) is 38.8 Å². The van der Waals surface area contributed by atoms with Crippen LogP contribution in [0.4, 0.5) is 4.79 Å². The molecule has 1 aliphatic rings.